The number of sulfonamides is 1. The van der Waals surface area contributed by atoms with Gasteiger partial charge < -0.3 is 10.6 Å². The van der Waals surface area contributed by atoms with Crippen molar-refractivity contribution in [3.8, 4) is 0 Å². The molecule has 0 aliphatic rings. The maximum Gasteiger partial charge on any atom is 0.240 e. The zero-order valence-corrected chi connectivity index (χ0v) is 16.0. The Balaban J connectivity index is 1.93. The van der Waals surface area contributed by atoms with Crippen LogP contribution in [0.4, 0.5) is 11.4 Å². The van der Waals surface area contributed by atoms with Crippen LogP contribution in [0.1, 0.15) is 25.3 Å². The highest BCUT2D eigenvalue weighted by atomic mass is 32.2. The summed E-state index contributed by atoms with van der Waals surface area (Å²) in [4.78, 5) is 0.210. The molecule has 2 aromatic carbocycles. The maximum atomic E-state index is 11.7. The molecule has 3 N–H and O–H groups in total. The van der Waals surface area contributed by atoms with Gasteiger partial charge in [0.05, 0.1) is 4.90 Å². The van der Waals surface area contributed by atoms with E-state index in [1.54, 1.807) is 12.1 Å². The van der Waals surface area contributed by atoms with Crippen molar-refractivity contribution in [1.82, 2.24) is 4.72 Å². The lowest BCUT2D eigenvalue weighted by atomic mass is 10.1. The Hall–Kier alpha value is -1.96. The zero-order chi connectivity index (χ0) is 18.3. The molecule has 2 aromatic rings. The average Bonchev–Trinajstić information content (AvgIpc) is 2.61. The summed E-state index contributed by atoms with van der Waals surface area (Å²) in [7, 11) is -2.05. The molecule has 0 unspecified atom stereocenters. The van der Waals surface area contributed by atoms with Crippen molar-refractivity contribution in [3.05, 3.63) is 54.1 Å². The molecule has 5 nitrogen and oxygen atoms in total. The third-order valence-electron chi connectivity index (χ3n) is 3.72. The molecule has 0 spiro atoms. The molecule has 0 radical (unpaired) electrons. The number of hydrogen-bond acceptors (Lipinski definition) is 3. The first-order valence-electron chi connectivity index (χ1n) is 8.15. The Morgan fingerprint density at radius 1 is 0.960 bits per heavy atom. The molecule has 0 aromatic heterocycles. The van der Waals surface area contributed by atoms with E-state index in [0.29, 0.717) is 10.8 Å². The Labute approximate surface area is 154 Å². The lowest BCUT2D eigenvalue weighted by Gasteiger charge is -2.11. The molecule has 0 atom stereocenters. The van der Waals surface area contributed by atoms with Crippen molar-refractivity contribution in [2.45, 2.75) is 31.1 Å². The summed E-state index contributed by atoms with van der Waals surface area (Å²) in [5.41, 5.74) is 2.94. The molecule has 134 valence electrons. The number of aryl methyl sites for hydroxylation is 1. The number of thiocarbonyl (C=S) groups is 1. The van der Waals surface area contributed by atoms with Gasteiger partial charge in [-0.2, -0.15) is 0 Å². The molecular formula is C18H23N3O2S2. The van der Waals surface area contributed by atoms with Crippen molar-refractivity contribution in [3.63, 3.8) is 0 Å². The molecule has 0 heterocycles. The lowest BCUT2D eigenvalue weighted by molar-refractivity contribution is 0.588. The van der Waals surface area contributed by atoms with Gasteiger partial charge >= 0.3 is 0 Å². The topological polar surface area (TPSA) is 70.2 Å². The van der Waals surface area contributed by atoms with Gasteiger partial charge in [0, 0.05) is 11.4 Å². The highest BCUT2D eigenvalue weighted by Crippen LogP contribution is 2.15. The van der Waals surface area contributed by atoms with Crippen molar-refractivity contribution in [2.75, 3.05) is 17.7 Å². The largest absolute Gasteiger partial charge is 0.332 e. The highest BCUT2D eigenvalue weighted by Gasteiger charge is 2.10. The number of nitrogens with one attached hydrogen (secondary N) is 3. The van der Waals surface area contributed by atoms with Crippen LogP contribution in [0.15, 0.2) is 53.4 Å². The highest BCUT2D eigenvalue weighted by molar-refractivity contribution is 7.89. The lowest BCUT2D eigenvalue weighted by Crippen LogP contribution is -2.20. The molecular weight excluding hydrogens is 354 g/mol. The second-order valence-corrected chi connectivity index (χ2v) is 7.91. The van der Waals surface area contributed by atoms with E-state index in [1.807, 2.05) is 12.1 Å². The predicted molar refractivity (Wildman–Crippen MR) is 108 cm³/mol. The molecule has 0 aliphatic heterocycles. The van der Waals surface area contributed by atoms with Crippen LogP contribution in [0.25, 0.3) is 0 Å². The van der Waals surface area contributed by atoms with Gasteiger partial charge in [-0.05, 0) is 74.1 Å². The minimum absolute atomic E-state index is 0.210. The first kappa shape index (κ1) is 19.4. The number of rotatable bonds is 7. The van der Waals surface area contributed by atoms with E-state index in [4.69, 9.17) is 12.2 Å². The summed E-state index contributed by atoms with van der Waals surface area (Å²) in [5, 5.41) is 6.61. The van der Waals surface area contributed by atoms with Gasteiger partial charge in [0.25, 0.3) is 0 Å². The number of hydrogen-bond donors (Lipinski definition) is 3. The first-order chi connectivity index (χ1) is 11.9. The van der Waals surface area contributed by atoms with Crippen molar-refractivity contribution < 1.29 is 8.42 Å². The maximum absolute atomic E-state index is 11.7. The smallest absolute Gasteiger partial charge is 0.240 e. The van der Waals surface area contributed by atoms with Crippen LogP contribution < -0.4 is 15.4 Å². The minimum Gasteiger partial charge on any atom is -0.332 e. The van der Waals surface area contributed by atoms with Gasteiger partial charge in [-0.3, -0.25) is 0 Å². The quantitative estimate of drug-likeness (QED) is 0.641. The molecule has 2 rings (SSSR count). The summed E-state index contributed by atoms with van der Waals surface area (Å²) < 4.78 is 25.7. The number of benzene rings is 2. The van der Waals surface area contributed by atoms with Gasteiger partial charge in [0.2, 0.25) is 10.0 Å². The monoisotopic (exact) mass is 377 g/mol. The minimum atomic E-state index is -3.43. The summed E-state index contributed by atoms with van der Waals surface area (Å²) in [6.07, 6.45) is 3.45. The van der Waals surface area contributed by atoms with Gasteiger partial charge in [-0.1, -0.05) is 25.5 Å². The van der Waals surface area contributed by atoms with Gasteiger partial charge in [0.1, 0.15) is 0 Å². The fourth-order valence-corrected chi connectivity index (χ4v) is 3.23. The Bertz CT molecular complexity index is 801. The van der Waals surface area contributed by atoms with Crippen LogP contribution in [-0.4, -0.2) is 20.6 Å². The molecule has 0 fully saturated rings. The van der Waals surface area contributed by atoms with Crippen LogP contribution in [0.5, 0.6) is 0 Å². The van der Waals surface area contributed by atoms with E-state index >= 15 is 0 Å². The molecule has 0 amide bonds. The summed E-state index contributed by atoms with van der Waals surface area (Å²) in [6.45, 7) is 2.18. The summed E-state index contributed by atoms with van der Waals surface area (Å²) in [5.74, 6) is 0. The molecule has 7 heteroatoms. The second-order valence-electron chi connectivity index (χ2n) is 5.61. The normalized spacial score (nSPS) is 11.1. The van der Waals surface area contributed by atoms with E-state index in [2.05, 4.69) is 34.4 Å². The second kappa shape index (κ2) is 8.94. The van der Waals surface area contributed by atoms with Crippen LogP contribution >= 0.6 is 12.2 Å². The molecule has 0 saturated carbocycles. The molecule has 0 aliphatic carbocycles. The van der Waals surface area contributed by atoms with Crippen molar-refractivity contribution in [2.24, 2.45) is 0 Å². The summed E-state index contributed by atoms with van der Waals surface area (Å²) in [6, 6.07) is 14.6. The molecule has 0 saturated heterocycles. The Kier molecular flexibility index (Phi) is 6.92. The van der Waals surface area contributed by atoms with E-state index < -0.39 is 10.0 Å². The fraction of sp³-hybridized carbons (Fsp3) is 0.278. The third-order valence-corrected chi connectivity index (χ3v) is 5.36. The number of anilines is 2. The average molecular weight is 378 g/mol. The van der Waals surface area contributed by atoms with E-state index in [9.17, 15) is 8.42 Å². The van der Waals surface area contributed by atoms with Gasteiger partial charge in [-0.25, -0.2) is 13.1 Å². The molecule has 0 bridgehead atoms. The number of unbranched alkanes of at least 4 members (excludes halogenated alkanes) is 1. The Morgan fingerprint density at radius 2 is 1.48 bits per heavy atom. The SMILES string of the molecule is CCCCc1ccc(NC(=S)Nc2ccc(S(=O)(=O)NC)cc2)cc1. The molecule has 25 heavy (non-hydrogen) atoms. The third kappa shape index (κ3) is 5.81. The van der Waals surface area contributed by atoms with Crippen LogP contribution in [-0.2, 0) is 16.4 Å². The Morgan fingerprint density at radius 3 is 1.96 bits per heavy atom. The zero-order valence-electron chi connectivity index (χ0n) is 14.4. The van der Waals surface area contributed by atoms with E-state index in [0.717, 1.165) is 12.1 Å². The van der Waals surface area contributed by atoms with Gasteiger partial charge in [0.15, 0.2) is 5.11 Å². The predicted octanol–water partition coefficient (Wildman–Crippen LogP) is 3.75. The summed E-state index contributed by atoms with van der Waals surface area (Å²) >= 11 is 5.30. The van der Waals surface area contributed by atoms with Crippen molar-refractivity contribution in [1.29, 1.82) is 0 Å². The van der Waals surface area contributed by atoms with Gasteiger partial charge in [-0.15, -0.1) is 0 Å². The van der Waals surface area contributed by atoms with E-state index in [-0.39, 0.29) is 4.90 Å². The fourth-order valence-electron chi connectivity index (χ4n) is 2.26. The van der Waals surface area contributed by atoms with Crippen LogP contribution in [0, 0.1) is 0 Å². The standard InChI is InChI=1S/C18H23N3O2S2/c1-3-4-5-14-6-8-15(9-7-14)20-18(24)21-16-10-12-17(13-11-16)25(22,23)19-2/h6-13,19H,3-5H2,1-2H3,(H2,20,21,24). The first-order valence-corrected chi connectivity index (χ1v) is 10.0. The van der Waals surface area contributed by atoms with Crippen LogP contribution in [0.3, 0.4) is 0 Å². The van der Waals surface area contributed by atoms with Crippen LogP contribution in [0.2, 0.25) is 0 Å². The van der Waals surface area contributed by atoms with E-state index in [1.165, 1.54) is 37.6 Å². The van der Waals surface area contributed by atoms with Crippen molar-refractivity contribution >= 4 is 38.7 Å².